The fourth-order valence-corrected chi connectivity index (χ4v) is 4.76. The van der Waals surface area contributed by atoms with E-state index in [0.29, 0.717) is 25.0 Å². The number of aromatic amines is 1. The molecular formula is C26H36N8O2. The second-order valence-electron chi connectivity index (χ2n) is 10.6. The summed E-state index contributed by atoms with van der Waals surface area (Å²) < 4.78 is 5.52. The molecule has 4 heterocycles. The van der Waals surface area contributed by atoms with Crippen molar-refractivity contribution in [3.63, 3.8) is 0 Å². The number of benzene rings is 1. The summed E-state index contributed by atoms with van der Waals surface area (Å²) in [4.78, 5) is 29.1. The zero-order valence-corrected chi connectivity index (χ0v) is 21.5. The van der Waals surface area contributed by atoms with Crippen LogP contribution >= 0.6 is 0 Å². The Kier molecular flexibility index (Phi) is 6.83. The molecule has 2 aliphatic rings. The van der Waals surface area contributed by atoms with Gasteiger partial charge in [0.25, 0.3) is 0 Å². The molecule has 5 rings (SSSR count). The highest BCUT2D eigenvalue weighted by Crippen LogP contribution is 2.26. The number of ether oxygens (including phenoxy) is 1. The van der Waals surface area contributed by atoms with E-state index in [4.69, 9.17) is 9.72 Å². The second-order valence-corrected chi connectivity index (χ2v) is 10.6. The van der Waals surface area contributed by atoms with Crippen molar-refractivity contribution in [1.82, 2.24) is 35.6 Å². The molecule has 0 bridgehead atoms. The fourth-order valence-electron chi connectivity index (χ4n) is 4.76. The van der Waals surface area contributed by atoms with Gasteiger partial charge in [-0.25, -0.2) is 14.8 Å². The minimum atomic E-state index is -0.477. The smallest absolute Gasteiger partial charge is 0.410 e. The zero-order valence-electron chi connectivity index (χ0n) is 21.5. The number of aromatic nitrogens is 3. The minimum absolute atomic E-state index is 0.196. The molecule has 2 aliphatic heterocycles. The van der Waals surface area contributed by atoms with Crippen molar-refractivity contribution in [2.24, 2.45) is 0 Å². The van der Waals surface area contributed by atoms with E-state index in [9.17, 15) is 4.79 Å². The first-order valence-corrected chi connectivity index (χ1v) is 12.7. The van der Waals surface area contributed by atoms with Crippen LogP contribution in [0, 0.1) is 0 Å². The quantitative estimate of drug-likeness (QED) is 0.428. The molecule has 1 amide bonds. The van der Waals surface area contributed by atoms with Crippen molar-refractivity contribution in [1.29, 1.82) is 0 Å². The highest BCUT2D eigenvalue weighted by atomic mass is 16.6. The zero-order chi connectivity index (χ0) is 25.3. The first-order chi connectivity index (χ1) is 17.2. The van der Waals surface area contributed by atoms with E-state index in [1.807, 2.05) is 33.0 Å². The van der Waals surface area contributed by atoms with Crippen LogP contribution in [-0.4, -0.2) is 75.7 Å². The predicted octanol–water partition coefficient (Wildman–Crippen LogP) is 3.51. The van der Waals surface area contributed by atoms with Gasteiger partial charge >= 0.3 is 6.09 Å². The molecule has 1 aromatic carbocycles. The van der Waals surface area contributed by atoms with Crippen LogP contribution in [0.4, 0.5) is 16.6 Å². The summed E-state index contributed by atoms with van der Waals surface area (Å²) in [5.74, 6) is 1.88. The monoisotopic (exact) mass is 492 g/mol. The minimum Gasteiger partial charge on any atom is -0.444 e. The second kappa shape index (κ2) is 10.0. The number of carbonyl (C=O) groups excluding carboxylic acids is 1. The number of hydrazine groups is 1. The Labute approximate surface area is 211 Å². The Hall–Kier alpha value is -3.21. The molecule has 10 heteroatoms. The molecule has 1 atom stereocenters. The Morgan fingerprint density at radius 3 is 2.58 bits per heavy atom. The van der Waals surface area contributed by atoms with E-state index >= 15 is 0 Å². The first kappa shape index (κ1) is 24.5. The molecule has 0 aliphatic carbocycles. The van der Waals surface area contributed by atoms with Crippen LogP contribution in [0.15, 0.2) is 36.5 Å². The van der Waals surface area contributed by atoms with Crippen LogP contribution in [0.2, 0.25) is 0 Å². The highest BCUT2D eigenvalue weighted by molar-refractivity contribution is 5.79. The predicted molar refractivity (Wildman–Crippen MR) is 140 cm³/mol. The third kappa shape index (κ3) is 5.61. The van der Waals surface area contributed by atoms with Gasteiger partial charge in [-0.1, -0.05) is 6.07 Å². The number of hydrogen-bond donors (Lipinski definition) is 4. The average Bonchev–Trinajstić information content (AvgIpc) is 3.52. The van der Waals surface area contributed by atoms with Crippen LogP contribution in [0.25, 0.3) is 11.0 Å². The van der Waals surface area contributed by atoms with Gasteiger partial charge in [0, 0.05) is 57.4 Å². The number of hydrogen-bond acceptors (Lipinski definition) is 8. The highest BCUT2D eigenvalue weighted by Gasteiger charge is 2.28. The molecule has 2 aromatic heterocycles. The van der Waals surface area contributed by atoms with Gasteiger partial charge < -0.3 is 19.9 Å². The van der Waals surface area contributed by atoms with Crippen LogP contribution in [0.1, 0.15) is 50.8 Å². The first-order valence-electron chi connectivity index (χ1n) is 12.7. The normalized spacial score (nSPS) is 18.5. The lowest BCUT2D eigenvalue weighted by atomic mass is 10.00. The SMILES string of the molecule is CC(c1ccnc(Nc2nc3ccc(C4CNNC4)cc3[nH]2)c1)N1CCN(C(=O)OC(C)(C)C)CC1. The van der Waals surface area contributed by atoms with Crippen molar-refractivity contribution in [3.8, 4) is 0 Å². The standard InChI is InChI=1S/C26H36N8O2/c1-17(33-9-11-34(12-10-33)25(35)36-26(2,3)4)18-7-8-27-23(14-18)32-24-30-21-6-5-19(13-22(21)31-24)20-15-28-29-16-20/h5-8,13-14,17,20,28-29H,9-12,15-16H2,1-4H3,(H2,27,30,31,32). The average molecular weight is 493 g/mol. The number of fused-ring (bicyclic) bond motifs is 1. The van der Waals surface area contributed by atoms with Crippen molar-refractivity contribution >= 4 is 28.9 Å². The largest absolute Gasteiger partial charge is 0.444 e. The molecule has 1 unspecified atom stereocenters. The molecule has 4 N–H and O–H groups in total. The summed E-state index contributed by atoms with van der Waals surface area (Å²) >= 11 is 0. The summed E-state index contributed by atoms with van der Waals surface area (Å²) in [6, 6.07) is 10.7. The van der Waals surface area contributed by atoms with E-state index in [1.54, 1.807) is 4.90 Å². The lowest BCUT2D eigenvalue weighted by Gasteiger charge is -2.38. The summed E-state index contributed by atoms with van der Waals surface area (Å²) in [7, 11) is 0. The van der Waals surface area contributed by atoms with Crippen molar-refractivity contribution < 1.29 is 9.53 Å². The van der Waals surface area contributed by atoms with E-state index in [2.05, 4.69) is 62.2 Å². The maximum atomic E-state index is 12.4. The van der Waals surface area contributed by atoms with Gasteiger partial charge in [-0.05, 0) is 63.1 Å². The summed E-state index contributed by atoms with van der Waals surface area (Å²) in [6.07, 6.45) is 1.59. The maximum absolute atomic E-state index is 12.4. The summed E-state index contributed by atoms with van der Waals surface area (Å²) in [5.41, 5.74) is 10.3. The molecule has 2 fully saturated rings. The van der Waals surface area contributed by atoms with Crippen molar-refractivity contribution in [2.75, 3.05) is 44.6 Å². The van der Waals surface area contributed by atoms with Gasteiger partial charge in [-0.3, -0.25) is 15.8 Å². The number of pyridine rings is 1. The van der Waals surface area contributed by atoms with Gasteiger partial charge in [0.05, 0.1) is 11.0 Å². The summed E-state index contributed by atoms with van der Waals surface area (Å²) in [6.45, 7) is 12.6. The third-order valence-corrected chi connectivity index (χ3v) is 6.83. The lowest BCUT2D eigenvalue weighted by molar-refractivity contribution is 0.0110. The number of carbonyl (C=O) groups is 1. The number of imidazole rings is 1. The molecule has 0 spiro atoms. The lowest BCUT2D eigenvalue weighted by Crippen LogP contribution is -2.50. The van der Waals surface area contributed by atoms with Crippen LogP contribution in [0.5, 0.6) is 0 Å². The van der Waals surface area contributed by atoms with Crippen molar-refractivity contribution in [3.05, 3.63) is 47.7 Å². The van der Waals surface area contributed by atoms with Gasteiger partial charge in [0.15, 0.2) is 0 Å². The molecule has 192 valence electrons. The number of nitrogens with one attached hydrogen (secondary N) is 4. The number of amides is 1. The molecule has 3 aromatic rings. The molecule has 36 heavy (non-hydrogen) atoms. The van der Waals surface area contributed by atoms with E-state index in [-0.39, 0.29) is 12.1 Å². The van der Waals surface area contributed by atoms with Gasteiger partial charge in [0.1, 0.15) is 11.4 Å². The molecule has 0 saturated carbocycles. The Balaban J connectivity index is 1.22. The van der Waals surface area contributed by atoms with Crippen LogP contribution in [-0.2, 0) is 4.74 Å². The number of nitrogens with zero attached hydrogens (tertiary/aromatic N) is 4. The number of H-pyrrole nitrogens is 1. The van der Waals surface area contributed by atoms with Crippen LogP contribution < -0.4 is 16.2 Å². The molecule has 10 nitrogen and oxygen atoms in total. The van der Waals surface area contributed by atoms with E-state index < -0.39 is 5.60 Å². The van der Waals surface area contributed by atoms with Crippen LogP contribution in [0.3, 0.4) is 0 Å². The van der Waals surface area contributed by atoms with E-state index in [1.165, 1.54) is 5.56 Å². The molecular weight excluding hydrogens is 456 g/mol. The summed E-state index contributed by atoms with van der Waals surface area (Å²) in [5, 5.41) is 3.33. The Bertz CT molecular complexity index is 1210. The fraction of sp³-hybridized carbons (Fsp3) is 0.500. The molecule has 0 radical (unpaired) electrons. The number of piperazine rings is 1. The Morgan fingerprint density at radius 2 is 1.86 bits per heavy atom. The third-order valence-electron chi connectivity index (χ3n) is 6.83. The maximum Gasteiger partial charge on any atom is 0.410 e. The topological polar surface area (TPSA) is 110 Å². The number of rotatable bonds is 5. The number of anilines is 2. The molecule has 2 saturated heterocycles. The van der Waals surface area contributed by atoms with Gasteiger partial charge in [-0.15, -0.1) is 0 Å². The van der Waals surface area contributed by atoms with Crippen molar-refractivity contribution in [2.45, 2.75) is 45.3 Å². The Morgan fingerprint density at radius 1 is 1.11 bits per heavy atom. The van der Waals surface area contributed by atoms with Gasteiger partial charge in [0.2, 0.25) is 5.95 Å². The van der Waals surface area contributed by atoms with E-state index in [0.717, 1.165) is 48.6 Å². The van der Waals surface area contributed by atoms with Gasteiger partial charge in [-0.2, -0.15) is 0 Å².